The summed E-state index contributed by atoms with van der Waals surface area (Å²) in [5.74, 6) is -0.537. The van der Waals surface area contributed by atoms with E-state index < -0.39 is 0 Å². The van der Waals surface area contributed by atoms with E-state index in [2.05, 4.69) is 0 Å². The number of fused-ring (bicyclic) bond motifs is 1. The first kappa shape index (κ1) is 15.0. The predicted molar refractivity (Wildman–Crippen MR) is 85.8 cm³/mol. The van der Waals surface area contributed by atoms with Crippen LogP contribution in [-0.4, -0.2) is 18.0 Å². The smallest absolute Gasteiger partial charge is 0.260 e. The molecule has 114 valence electrons. The summed E-state index contributed by atoms with van der Waals surface area (Å²) in [5, 5.41) is 0.428. The van der Waals surface area contributed by atoms with Gasteiger partial charge >= 0.3 is 0 Å². The molecular weight excluding hydrogens is 303 g/mol. The highest BCUT2D eigenvalue weighted by molar-refractivity contribution is 6.35. The van der Waals surface area contributed by atoms with Gasteiger partial charge in [-0.05, 0) is 49.2 Å². The molecule has 0 radical (unpaired) electrons. The van der Waals surface area contributed by atoms with Crippen molar-refractivity contribution in [1.29, 1.82) is 0 Å². The van der Waals surface area contributed by atoms with E-state index in [9.17, 15) is 9.18 Å². The zero-order valence-electron chi connectivity index (χ0n) is 12.1. The Hall–Kier alpha value is -1.91. The minimum atomic E-state index is -0.344. The molecule has 1 unspecified atom stereocenters. The van der Waals surface area contributed by atoms with Crippen LogP contribution in [0.25, 0.3) is 0 Å². The van der Waals surface area contributed by atoms with Gasteiger partial charge in [-0.1, -0.05) is 23.7 Å². The van der Waals surface area contributed by atoms with Crippen LogP contribution in [0.5, 0.6) is 0 Å². The molecular formula is C17H16ClFN2O. The highest BCUT2D eigenvalue weighted by Crippen LogP contribution is 2.33. The van der Waals surface area contributed by atoms with Crippen molar-refractivity contribution in [2.24, 2.45) is 5.73 Å². The Morgan fingerprint density at radius 3 is 2.59 bits per heavy atom. The summed E-state index contributed by atoms with van der Waals surface area (Å²) in [4.78, 5) is 14.6. The average Bonchev–Trinajstić information content (AvgIpc) is 2.48. The maximum Gasteiger partial charge on any atom is 0.260 e. The molecule has 1 aliphatic rings. The number of nitrogens with two attached hydrogens (primary N) is 1. The lowest BCUT2D eigenvalue weighted by atomic mass is 9.89. The predicted octanol–water partition coefficient (Wildman–Crippen LogP) is 3.40. The maximum absolute atomic E-state index is 13.2. The van der Waals surface area contributed by atoms with Crippen molar-refractivity contribution in [3.05, 3.63) is 64.4 Å². The van der Waals surface area contributed by atoms with Crippen LogP contribution in [0, 0.1) is 5.82 Å². The fourth-order valence-corrected chi connectivity index (χ4v) is 3.17. The van der Waals surface area contributed by atoms with Crippen LogP contribution in [0.1, 0.15) is 22.8 Å². The van der Waals surface area contributed by atoms with Crippen molar-refractivity contribution in [3.8, 4) is 0 Å². The van der Waals surface area contributed by atoms with E-state index in [0.717, 1.165) is 5.56 Å². The van der Waals surface area contributed by atoms with Gasteiger partial charge in [0.2, 0.25) is 0 Å². The molecule has 0 aliphatic carbocycles. The van der Waals surface area contributed by atoms with Crippen molar-refractivity contribution in [2.45, 2.75) is 25.4 Å². The Kier molecular flexibility index (Phi) is 3.89. The fourth-order valence-electron chi connectivity index (χ4n) is 2.90. The van der Waals surface area contributed by atoms with E-state index in [1.807, 2.05) is 19.1 Å². The number of carbonyl (C=O) groups excluding carboxylic acids is 1. The van der Waals surface area contributed by atoms with E-state index >= 15 is 0 Å². The largest absolute Gasteiger partial charge is 0.326 e. The number of halogens is 2. The molecule has 2 aromatic rings. The Labute approximate surface area is 133 Å². The average molecular weight is 319 g/mol. The quantitative estimate of drug-likeness (QED) is 0.922. The first-order chi connectivity index (χ1) is 10.5. The van der Waals surface area contributed by atoms with Crippen molar-refractivity contribution in [1.82, 2.24) is 0 Å². The lowest BCUT2D eigenvalue weighted by molar-refractivity contribution is 0.0963. The lowest BCUT2D eigenvalue weighted by Gasteiger charge is -2.39. The standard InChI is InChI=1S/C17H16ClFN2O/c1-10(20)15-9-11-3-2-4-14(18)16(11)17(22)21(15)13-7-5-12(19)6-8-13/h2-8,10,15H,9,20H2,1H3/t10-,15?/m0/s1. The van der Waals surface area contributed by atoms with Crippen molar-refractivity contribution < 1.29 is 9.18 Å². The van der Waals surface area contributed by atoms with Crippen molar-refractivity contribution >= 4 is 23.2 Å². The molecule has 0 bridgehead atoms. The Balaban J connectivity index is 2.12. The Morgan fingerprint density at radius 1 is 1.27 bits per heavy atom. The third kappa shape index (κ3) is 2.49. The second-order valence-electron chi connectivity index (χ2n) is 5.56. The van der Waals surface area contributed by atoms with Gasteiger partial charge in [0, 0.05) is 11.7 Å². The molecule has 0 saturated carbocycles. The zero-order chi connectivity index (χ0) is 15.9. The van der Waals surface area contributed by atoms with Gasteiger partial charge in [0.1, 0.15) is 5.82 Å². The Morgan fingerprint density at radius 2 is 1.95 bits per heavy atom. The number of anilines is 1. The number of nitrogens with zero attached hydrogens (tertiary/aromatic N) is 1. The van der Waals surface area contributed by atoms with Crippen LogP contribution in [-0.2, 0) is 6.42 Å². The van der Waals surface area contributed by atoms with Crippen LogP contribution in [0.2, 0.25) is 5.02 Å². The molecule has 1 aliphatic heterocycles. The monoisotopic (exact) mass is 318 g/mol. The summed E-state index contributed by atoms with van der Waals surface area (Å²) >= 11 is 6.20. The third-order valence-corrected chi connectivity index (χ3v) is 4.32. The molecule has 3 rings (SSSR count). The van der Waals surface area contributed by atoms with Gasteiger partial charge in [-0.25, -0.2) is 4.39 Å². The minimum absolute atomic E-state index is 0.191. The number of hydrogen-bond acceptors (Lipinski definition) is 2. The van der Waals surface area contributed by atoms with Crippen LogP contribution in [0.3, 0.4) is 0 Å². The maximum atomic E-state index is 13.2. The molecule has 1 heterocycles. The first-order valence-electron chi connectivity index (χ1n) is 7.11. The van der Waals surface area contributed by atoms with E-state index in [1.54, 1.807) is 23.1 Å². The summed E-state index contributed by atoms with van der Waals surface area (Å²) in [6.45, 7) is 1.87. The number of amides is 1. The van der Waals surface area contributed by atoms with Gasteiger partial charge in [0.25, 0.3) is 5.91 Å². The number of hydrogen-bond donors (Lipinski definition) is 1. The van der Waals surface area contributed by atoms with Gasteiger partial charge in [-0.2, -0.15) is 0 Å². The highest BCUT2D eigenvalue weighted by atomic mass is 35.5. The third-order valence-electron chi connectivity index (χ3n) is 4.00. The normalized spacial score (nSPS) is 19.0. The molecule has 1 amide bonds. The van der Waals surface area contributed by atoms with E-state index in [1.165, 1.54) is 12.1 Å². The number of benzene rings is 2. The summed E-state index contributed by atoms with van der Waals surface area (Å²) in [6.07, 6.45) is 0.622. The van der Waals surface area contributed by atoms with Crippen molar-refractivity contribution in [3.63, 3.8) is 0 Å². The topological polar surface area (TPSA) is 46.3 Å². The number of carbonyl (C=O) groups is 1. The number of rotatable bonds is 2. The SMILES string of the molecule is C[C@H](N)C1Cc2cccc(Cl)c2C(=O)N1c1ccc(F)cc1. The lowest BCUT2D eigenvalue weighted by Crippen LogP contribution is -2.53. The zero-order valence-corrected chi connectivity index (χ0v) is 12.8. The molecule has 0 saturated heterocycles. The molecule has 2 N–H and O–H groups in total. The summed E-state index contributed by atoms with van der Waals surface area (Å²) < 4.78 is 13.2. The van der Waals surface area contributed by atoms with Gasteiger partial charge in [0.15, 0.2) is 0 Å². The van der Waals surface area contributed by atoms with Gasteiger partial charge in [0.05, 0.1) is 16.6 Å². The van der Waals surface area contributed by atoms with Crippen LogP contribution in [0.4, 0.5) is 10.1 Å². The molecule has 3 nitrogen and oxygen atoms in total. The first-order valence-corrected chi connectivity index (χ1v) is 7.49. The van der Waals surface area contributed by atoms with Crippen LogP contribution >= 0.6 is 11.6 Å². The van der Waals surface area contributed by atoms with E-state index in [4.69, 9.17) is 17.3 Å². The molecule has 0 fully saturated rings. The second-order valence-corrected chi connectivity index (χ2v) is 5.96. The molecule has 22 heavy (non-hydrogen) atoms. The minimum Gasteiger partial charge on any atom is -0.326 e. The summed E-state index contributed by atoms with van der Waals surface area (Å²) in [5.41, 5.74) is 8.11. The van der Waals surface area contributed by atoms with Crippen LogP contribution in [0.15, 0.2) is 42.5 Å². The van der Waals surface area contributed by atoms with E-state index in [0.29, 0.717) is 22.7 Å². The van der Waals surface area contributed by atoms with Gasteiger partial charge < -0.3 is 10.6 Å². The molecule has 0 spiro atoms. The van der Waals surface area contributed by atoms with E-state index in [-0.39, 0.29) is 23.8 Å². The highest BCUT2D eigenvalue weighted by Gasteiger charge is 2.36. The van der Waals surface area contributed by atoms with Gasteiger partial charge in [-0.3, -0.25) is 4.79 Å². The molecule has 2 atom stereocenters. The summed E-state index contributed by atoms with van der Waals surface area (Å²) in [6, 6.07) is 10.9. The Bertz CT molecular complexity index is 715. The molecule has 0 aromatic heterocycles. The molecule has 2 aromatic carbocycles. The van der Waals surface area contributed by atoms with Crippen molar-refractivity contribution in [2.75, 3.05) is 4.90 Å². The van der Waals surface area contributed by atoms with Gasteiger partial charge in [-0.15, -0.1) is 0 Å². The van der Waals surface area contributed by atoms with Crippen LogP contribution < -0.4 is 10.6 Å². The fraction of sp³-hybridized carbons (Fsp3) is 0.235. The molecule has 5 heteroatoms. The second kappa shape index (κ2) is 5.71. The summed E-state index contributed by atoms with van der Waals surface area (Å²) in [7, 11) is 0.